The van der Waals surface area contributed by atoms with Crippen molar-refractivity contribution in [2.24, 2.45) is 7.05 Å². The molecule has 5 heteroatoms. The zero-order valence-electron chi connectivity index (χ0n) is 13.2. The van der Waals surface area contributed by atoms with Gasteiger partial charge in [0.2, 0.25) is 0 Å². The number of rotatable bonds is 3. The van der Waals surface area contributed by atoms with E-state index in [1.54, 1.807) is 6.92 Å². The van der Waals surface area contributed by atoms with Crippen LogP contribution in [0.25, 0.3) is 10.9 Å². The van der Waals surface area contributed by atoms with E-state index in [1.807, 2.05) is 47.0 Å². The number of piperazine rings is 1. The van der Waals surface area contributed by atoms with E-state index in [1.165, 1.54) is 0 Å². The van der Waals surface area contributed by atoms with Crippen LogP contribution in [0.15, 0.2) is 30.5 Å². The van der Waals surface area contributed by atoms with E-state index in [4.69, 9.17) is 0 Å². The summed E-state index contributed by atoms with van der Waals surface area (Å²) in [6, 6.07) is 7.89. The molecule has 118 valence electrons. The number of carbonyl (C=O) groups is 1. The van der Waals surface area contributed by atoms with Gasteiger partial charge in [-0.2, -0.15) is 0 Å². The van der Waals surface area contributed by atoms with Crippen molar-refractivity contribution in [1.29, 1.82) is 0 Å². The van der Waals surface area contributed by atoms with Gasteiger partial charge in [-0.25, -0.2) is 0 Å². The number of carbonyl (C=O) groups excluding carboxylic acids is 1. The predicted molar refractivity (Wildman–Crippen MR) is 86.9 cm³/mol. The Labute approximate surface area is 130 Å². The van der Waals surface area contributed by atoms with Gasteiger partial charge in [0.25, 0.3) is 5.91 Å². The number of hydrogen-bond donors (Lipinski definition) is 1. The highest BCUT2D eigenvalue weighted by molar-refractivity contribution is 6.06. The molecular formula is C17H23N3O2. The summed E-state index contributed by atoms with van der Waals surface area (Å²) in [5.41, 5.74) is 1.86. The van der Waals surface area contributed by atoms with E-state index in [-0.39, 0.29) is 12.0 Å². The van der Waals surface area contributed by atoms with Gasteiger partial charge in [0.05, 0.1) is 6.10 Å². The number of aromatic nitrogens is 1. The number of hydrogen-bond acceptors (Lipinski definition) is 3. The number of amides is 1. The first-order valence-corrected chi connectivity index (χ1v) is 7.80. The van der Waals surface area contributed by atoms with Gasteiger partial charge in [-0.1, -0.05) is 6.07 Å². The minimum absolute atomic E-state index is 0.105. The lowest BCUT2D eigenvalue weighted by Crippen LogP contribution is -2.50. The van der Waals surface area contributed by atoms with E-state index in [2.05, 4.69) is 4.90 Å². The molecule has 2 aromatic rings. The second kappa shape index (κ2) is 6.10. The first-order chi connectivity index (χ1) is 10.6. The molecule has 0 saturated carbocycles. The Morgan fingerprint density at radius 2 is 1.95 bits per heavy atom. The fourth-order valence-corrected chi connectivity index (χ4v) is 3.17. The van der Waals surface area contributed by atoms with Crippen LogP contribution in [0.3, 0.4) is 0 Å². The van der Waals surface area contributed by atoms with Crippen molar-refractivity contribution in [3.05, 3.63) is 36.0 Å². The molecule has 1 aromatic carbocycles. The van der Waals surface area contributed by atoms with Crippen LogP contribution in [-0.4, -0.2) is 64.2 Å². The summed E-state index contributed by atoms with van der Waals surface area (Å²) in [5.74, 6) is 0.105. The third-order valence-corrected chi connectivity index (χ3v) is 4.34. The molecule has 22 heavy (non-hydrogen) atoms. The number of aryl methyl sites for hydroxylation is 1. The Morgan fingerprint density at radius 3 is 2.64 bits per heavy atom. The number of nitrogens with zero attached hydrogens (tertiary/aromatic N) is 3. The van der Waals surface area contributed by atoms with Crippen LogP contribution in [0.2, 0.25) is 0 Å². The summed E-state index contributed by atoms with van der Waals surface area (Å²) >= 11 is 0. The average molecular weight is 301 g/mol. The average Bonchev–Trinajstić information content (AvgIpc) is 2.88. The van der Waals surface area contributed by atoms with Crippen molar-refractivity contribution in [3.8, 4) is 0 Å². The molecule has 0 bridgehead atoms. The first kappa shape index (κ1) is 15.1. The highest BCUT2D eigenvalue weighted by Gasteiger charge is 2.24. The largest absolute Gasteiger partial charge is 0.392 e. The van der Waals surface area contributed by atoms with Crippen LogP contribution < -0.4 is 0 Å². The van der Waals surface area contributed by atoms with Gasteiger partial charge in [0.15, 0.2) is 0 Å². The summed E-state index contributed by atoms with van der Waals surface area (Å²) in [6.07, 6.45) is 1.67. The Bertz CT molecular complexity index is 670. The Kier molecular flexibility index (Phi) is 4.18. The molecule has 1 fully saturated rings. The van der Waals surface area contributed by atoms with E-state index in [0.29, 0.717) is 6.54 Å². The lowest BCUT2D eigenvalue weighted by atomic mass is 10.1. The summed E-state index contributed by atoms with van der Waals surface area (Å²) < 4.78 is 2.03. The maximum atomic E-state index is 12.8. The van der Waals surface area contributed by atoms with Crippen LogP contribution in [0.4, 0.5) is 0 Å². The Morgan fingerprint density at radius 1 is 1.23 bits per heavy atom. The highest BCUT2D eigenvalue weighted by atomic mass is 16.3. The molecule has 1 amide bonds. The molecule has 1 atom stereocenters. The van der Waals surface area contributed by atoms with E-state index in [9.17, 15) is 9.90 Å². The highest BCUT2D eigenvalue weighted by Crippen LogP contribution is 2.21. The van der Waals surface area contributed by atoms with Crippen molar-refractivity contribution in [3.63, 3.8) is 0 Å². The fourth-order valence-electron chi connectivity index (χ4n) is 3.17. The SMILES string of the molecule is C[C@@H](O)CN1CCN(C(=O)c2cccc3c2ccn3C)CC1. The molecule has 1 saturated heterocycles. The van der Waals surface area contributed by atoms with E-state index >= 15 is 0 Å². The summed E-state index contributed by atoms with van der Waals surface area (Å²) in [6.45, 7) is 5.55. The van der Waals surface area contributed by atoms with E-state index < -0.39 is 0 Å². The van der Waals surface area contributed by atoms with Crippen molar-refractivity contribution < 1.29 is 9.90 Å². The van der Waals surface area contributed by atoms with Gasteiger partial charge < -0.3 is 14.6 Å². The van der Waals surface area contributed by atoms with Crippen LogP contribution in [-0.2, 0) is 7.05 Å². The summed E-state index contributed by atoms with van der Waals surface area (Å²) in [7, 11) is 1.99. The maximum Gasteiger partial charge on any atom is 0.254 e. The van der Waals surface area contributed by atoms with Crippen molar-refractivity contribution in [1.82, 2.24) is 14.4 Å². The molecule has 1 N–H and O–H groups in total. The zero-order valence-corrected chi connectivity index (χ0v) is 13.2. The zero-order chi connectivity index (χ0) is 15.7. The lowest BCUT2D eigenvalue weighted by molar-refractivity contribution is 0.0556. The summed E-state index contributed by atoms with van der Waals surface area (Å²) in [4.78, 5) is 16.9. The molecular weight excluding hydrogens is 278 g/mol. The molecule has 5 nitrogen and oxygen atoms in total. The molecule has 1 aliphatic rings. The third-order valence-electron chi connectivity index (χ3n) is 4.34. The van der Waals surface area contributed by atoms with Gasteiger partial charge >= 0.3 is 0 Å². The minimum atomic E-state index is -0.319. The van der Waals surface area contributed by atoms with Crippen molar-refractivity contribution in [2.75, 3.05) is 32.7 Å². The quantitative estimate of drug-likeness (QED) is 0.930. The van der Waals surface area contributed by atoms with E-state index in [0.717, 1.165) is 42.6 Å². The number of β-amino-alcohol motifs (C(OH)–C–C–N with tert-alkyl or cyclic N) is 1. The predicted octanol–water partition coefficient (Wildman–Crippen LogP) is 1.32. The molecule has 3 rings (SSSR count). The van der Waals surface area contributed by atoms with Gasteiger partial charge in [0.1, 0.15) is 0 Å². The molecule has 0 aliphatic carbocycles. The monoisotopic (exact) mass is 301 g/mol. The number of fused-ring (bicyclic) bond motifs is 1. The van der Waals surface area contributed by atoms with Crippen LogP contribution in [0, 0.1) is 0 Å². The fraction of sp³-hybridized carbons (Fsp3) is 0.471. The number of benzene rings is 1. The van der Waals surface area contributed by atoms with Gasteiger partial charge in [-0.3, -0.25) is 9.69 Å². The minimum Gasteiger partial charge on any atom is -0.392 e. The molecule has 2 heterocycles. The van der Waals surface area contributed by atoms with Crippen LogP contribution >= 0.6 is 0 Å². The Hall–Kier alpha value is -1.85. The molecule has 0 radical (unpaired) electrons. The normalized spacial score (nSPS) is 17.9. The number of aliphatic hydroxyl groups is 1. The Balaban J connectivity index is 1.74. The second-order valence-corrected chi connectivity index (χ2v) is 6.11. The van der Waals surface area contributed by atoms with Gasteiger partial charge in [-0.15, -0.1) is 0 Å². The third kappa shape index (κ3) is 2.87. The van der Waals surface area contributed by atoms with Crippen LogP contribution in [0.1, 0.15) is 17.3 Å². The topological polar surface area (TPSA) is 48.7 Å². The molecule has 1 aromatic heterocycles. The van der Waals surface area contributed by atoms with Crippen LogP contribution in [0.5, 0.6) is 0 Å². The van der Waals surface area contributed by atoms with Gasteiger partial charge in [0, 0.05) is 62.4 Å². The maximum absolute atomic E-state index is 12.8. The second-order valence-electron chi connectivity index (χ2n) is 6.11. The van der Waals surface area contributed by atoms with Crippen molar-refractivity contribution in [2.45, 2.75) is 13.0 Å². The molecule has 0 unspecified atom stereocenters. The lowest BCUT2D eigenvalue weighted by Gasteiger charge is -2.35. The summed E-state index contributed by atoms with van der Waals surface area (Å²) in [5, 5.41) is 10.5. The number of aliphatic hydroxyl groups excluding tert-OH is 1. The van der Waals surface area contributed by atoms with Gasteiger partial charge in [-0.05, 0) is 25.1 Å². The molecule has 0 spiro atoms. The van der Waals surface area contributed by atoms with Crippen molar-refractivity contribution >= 4 is 16.8 Å². The molecule has 1 aliphatic heterocycles. The smallest absolute Gasteiger partial charge is 0.254 e. The first-order valence-electron chi connectivity index (χ1n) is 7.80. The standard InChI is InChI=1S/C17H23N3O2/c1-13(21)12-19-8-10-20(11-9-19)17(22)15-4-3-5-16-14(15)6-7-18(16)2/h3-7,13,21H,8-12H2,1-2H3/t13-/m1/s1.